The Hall–Kier alpha value is -0.550. The molecule has 0 spiro atoms. The Kier molecular flexibility index (Phi) is 3.95. The number of nitrogens with zero attached hydrogens (tertiary/aromatic N) is 2. The van der Waals surface area contributed by atoms with Crippen LogP contribution in [0.15, 0.2) is 0 Å². The first-order valence-electron chi connectivity index (χ1n) is 5.69. The summed E-state index contributed by atoms with van der Waals surface area (Å²) in [4.78, 5) is 2.51. The minimum absolute atomic E-state index is 0.361. The van der Waals surface area contributed by atoms with Crippen molar-refractivity contribution in [1.82, 2.24) is 4.90 Å². The van der Waals surface area contributed by atoms with E-state index in [1.807, 2.05) is 0 Å². The van der Waals surface area contributed by atoms with E-state index >= 15 is 0 Å². The summed E-state index contributed by atoms with van der Waals surface area (Å²) < 4.78 is 0. The highest BCUT2D eigenvalue weighted by molar-refractivity contribution is 4.91. The number of hydrogen-bond donors (Lipinski definition) is 0. The van der Waals surface area contributed by atoms with Crippen LogP contribution in [0.3, 0.4) is 0 Å². The minimum Gasteiger partial charge on any atom is -0.303 e. The SMILES string of the molecule is CCCN1CCC(C)(C)C(CC#N)C1. The Labute approximate surface area is 87.9 Å². The maximum atomic E-state index is 8.80. The Balaban J connectivity index is 2.54. The Morgan fingerprint density at radius 2 is 2.21 bits per heavy atom. The molecule has 0 amide bonds. The van der Waals surface area contributed by atoms with Crippen LogP contribution in [0.1, 0.15) is 40.0 Å². The second-order valence-corrected chi connectivity index (χ2v) is 5.10. The average molecular weight is 194 g/mol. The van der Waals surface area contributed by atoms with Gasteiger partial charge in [-0.2, -0.15) is 5.26 Å². The predicted octanol–water partition coefficient (Wildman–Crippen LogP) is 2.66. The van der Waals surface area contributed by atoms with Gasteiger partial charge in [0.25, 0.3) is 0 Å². The van der Waals surface area contributed by atoms with Crippen LogP contribution in [0.4, 0.5) is 0 Å². The third-order valence-electron chi connectivity index (χ3n) is 3.53. The van der Waals surface area contributed by atoms with Crippen molar-refractivity contribution < 1.29 is 0 Å². The zero-order chi connectivity index (χ0) is 10.6. The van der Waals surface area contributed by atoms with E-state index in [2.05, 4.69) is 31.7 Å². The molecule has 0 aromatic carbocycles. The van der Waals surface area contributed by atoms with Crippen LogP contribution in [0.25, 0.3) is 0 Å². The summed E-state index contributed by atoms with van der Waals surface area (Å²) in [5.74, 6) is 0.563. The summed E-state index contributed by atoms with van der Waals surface area (Å²) in [7, 11) is 0. The molecule has 0 aliphatic carbocycles. The molecule has 1 aliphatic rings. The fraction of sp³-hybridized carbons (Fsp3) is 0.917. The average Bonchev–Trinajstić information content (AvgIpc) is 2.12. The van der Waals surface area contributed by atoms with E-state index < -0.39 is 0 Å². The van der Waals surface area contributed by atoms with Gasteiger partial charge in [-0.3, -0.25) is 0 Å². The summed E-state index contributed by atoms with van der Waals surface area (Å²) in [6.07, 6.45) is 3.17. The normalized spacial score (nSPS) is 27.1. The molecule has 0 saturated carbocycles. The van der Waals surface area contributed by atoms with Crippen LogP contribution in [-0.2, 0) is 0 Å². The van der Waals surface area contributed by atoms with Gasteiger partial charge in [0, 0.05) is 13.0 Å². The third-order valence-corrected chi connectivity index (χ3v) is 3.53. The maximum absolute atomic E-state index is 8.80. The molecule has 1 aliphatic heterocycles. The highest BCUT2D eigenvalue weighted by Crippen LogP contribution is 2.37. The first-order valence-corrected chi connectivity index (χ1v) is 5.69. The molecule has 14 heavy (non-hydrogen) atoms. The van der Waals surface area contributed by atoms with Crippen molar-refractivity contribution in [3.63, 3.8) is 0 Å². The van der Waals surface area contributed by atoms with Gasteiger partial charge in [-0.05, 0) is 37.3 Å². The van der Waals surface area contributed by atoms with Crippen molar-refractivity contribution in [3.8, 4) is 6.07 Å². The van der Waals surface area contributed by atoms with E-state index in [1.54, 1.807) is 0 Å². The first-order chi connectivity index (χ1) is 6.60. The topological polar surface area (TPSA) is 27.0 Å². The molecular formula is C12H22N2. The van der Waals surface area contributed by atoms with Gasteiger partial charge in [0.15, 0.2) is 0 Å². The number of piperidine rings is 1. The van der Waals surface area contributed by atoms with Crippen molar-refractivity contribution in [3.05, 3.63) is 0 Å². The molecule has 1 saturated heterocycles. The molecule has 0 bridgehead atoms. The van der Waals surface area contributed by atoms with Crippen LogP contribution in [0, 0.1) is 22.7 Å². The quantitative estimate of drug-likeness (QED) is 0.690. The van der Waals surface area contributed by atoms with Crippen molar-refractivity contribution in [2.45, 2.75) is 40.0 Å². The summed E-state index contributed by atoms with van der Waals surface area (Å²) in [5.41, 5.74) is 0.361. The minimum atomic E-state index is 0.361. The van der Waals surface area contributed by atoms with E-state index in [1.165, 1.54) is 25.9 Å². The zero-order valence-electron chi connectivity index (χ0n) is 9.71. The largest absolute Gasteiger partial charge is 0.303 e. The lowest BCUT2D eigenvalue weighted by molar-refractivity contribution is 0.0629. The second-order valence-electron chi connectivity index (χ2n) is 5.10. The first kappa shape index (κ1) is 11.5. The van der Waals surface area contributed by atoms with Crippen molar-refractivity contribution in [1.29, 1.82) is 5.26 Å². The highest BCUT2D eigenvalue weighted by Gasteiger charge is 2.34. The number of likely N-dealkylation sites (tertiary alicyclic amines) is 1. The van der Waals surface area contributed by atoms with Crippen LogP contribution in [0.2, 0.25) is 0 Å². The van der Waals surface area contributed by atoms with E-state index in [-0.39, 0.29) is 0 Å². The smallest absolute Gasteiger partial charge is 0.0625 e. The van der Waals surface area contributed by atoms with Gasteiger partial charge in [0.05, 0.1) is 6.07 Å². The lowest BCUT2D eigenvalue weighted by atomic mass is 9.72. The van der Waals surface area contributed by atoms with E-state index in [9.17, 15) is 0 Å². The van der Waals surface area contributed by atoms with Crippen LogP contribution in [-0.4, -0.2) is 24.5 Å². The Bertz CT molecular complexity index is 215. The molecule has 2 nitrogen and oxygen atoms in total. The lowest BCUT2D eigenvalue weighted by Gasteiger charge is -2.43. The third kappa shape index (κ3) is 2.72. The molecule has 0 radical (unpaired) electrons. The van der Waals surface area contributed by atoms with Gasteiger partial charge >= 0.3 is 0 Å². The van der Waals surface area contributed by atoms with Crippen molar-refractivity contribution >= 4 is 0 Å². The number of rotatable bonds is 3. The fourth-order valence-corrected chi connectivity index (χ4v) is 2.27. The van der Waals surface area contributed by atoms with Gasteiger partial charge in [0.1, 0.15) is 0 Å². The predicted molar refractivity (Wildman–Crippen MR) is 58.8 cm³/mol. The molecule has 0 N–H and O–H groups in total. The molecular weight excluding hydrogens is 172 g/mol. The molecule has 1 atom stereocenters. The molecule has 2 heteroatoms. The molecule has 0 aromatic heterocycles. The summed E-state index contributed by atoms with van der Waals surface area (Å²) >= 11 is 0. The number of hydrogen-bond acceptors (Lipinski definition) is 2. The van der Waals surface area contributed by atoms with Crippen molar-refractivity contribution in [2.75, 3.05) is 19.6 Å². The lowest BCUT2D eigenvalue weighted by Crippen LogP contribution is -2.44. The van der Waals surface area contributed by atoms with Crippen molar-refractivity contribution in [2.24, 2.45) is 11.3 Å². The molecule has 1 heterocycles. The van der Waals surface area contributed by atoms with Crippen LogP contribution in [0.5, 0.6) is 0 Å². The van der Waals surface area contributed by atoms with Gasteiger partial charge < -0.3 is 4.90 Å². The molecule has 0 aromatic rings. The standard InChI is InChI=1S/C12H22N2/c1-4-8-14-9-6-12(2,3)11(10-14)5-7-13/h11H,4-6,8-10H2,1-3H3. The van der Waals surface area contributed by atoms with E-state index in [0.717, 1.165) is 6.54 Å². The molecule has 1 unspecified atom stereocenters. The maximum Gasteiger partial charge on any atom is 0.0625 e. The molecule has 1 fully saturated rings. The highest BCUT2D eigenvalue weighted by atomic mass is 15.1. The second kappa shape index (κ2) is 4.79. The Morgan fingerprint density at radius 1 is 1.50 bits per heavy atom. The monoisotopic (exact) mass is 194 g/mol. The van der Waals surface area contributed by atoms with Gasteiger partial charge in [0.2, 0.25) is 0 Å². The molecule has 80 valence electrons. The van der Waals surface area contributed by atoms with Crippen LogP contribution >= 0.6 is 0 Å². The fourth-order valence-electron chi connectivity index (χ4n) is 2.27. The Morgan fingerprint density at radius 3 is 2.79 bits per heavy atom. The summed E-state index contributed by atoms with van der Waals surface area (Å²) in [5, 5.41) is 8.80. The number of nitriles is 1. The van der Waals surface area contributed by atoms with Gasteiger partial charge in [-0.25, -0.2) is 0 Å². The zero-order valence-corrected chi connectivity index (χ0v) is 9.71. The summed E-state index contributed by atoms with van der Waals surface area (Å²) in [6, 6.07) is 2.33. The summed E-state index contributed by atoms with van der Waals surface area (Å²) in [6.45, 7) is 10.4. The van der Waals surface area contributed by atoms with Gasteiger partial charge in [-0.1, -0.05) is 20.8 Å². The van der Waals surface area contributed by atoms with E-state index in [0.29, 0.717) is 17.8 Å². The van der Waals surface area contributed by atoms with E-state index in [4.69, 9.17) is 5.26 Å². The molecule has 1 rings (SSSR count). The van der Waals surface area contributed by atoms with Gasteiger partial charge in [-0.15, -0.1) is 0 Å². The van der Waals surface area contributed by atoms with Crippen LogP contribution < -0.4 is 0 Å².